The largest absolute Gasteiger partial charge is 0.805 e. The van der Waals surface area contributed by atoms with E-state index in [2.05, 4.69) is 4.74 Å². The van der Waals surface area contributed by atoms with Gasteiger partial charge in [0.05, 0.1) is 11.5 Å². The van der Waals surface area contributed by atoms with Gasteiger partial charge < -0.3 is 14.7 Å². The van der Waals surface area contributed by atoms with Crippen LogP contribution < -0.4 is 4.43 Å². The highest BCUT2D eigenvalue weighted by atomic mass is 35.5. The number of halogens is 1. The van der Waals surface area contributed by atoms with Crippen molar-refractivity contribution in [1.29, 1.82) is 0 Å². The van der Waals surface area contributed by atoms with Gasteiger partial charge >= 0.3 is 11.7 Å². The summed E-state index contributed by atoms with van der Waals surface area (Å²) in [4.78, 5) is 24.7. The van der Waals surface area contributed by atoms with Gasteiger partial charge in [-0.25, -0.2) is 4.79 Å². The maximum Gasteiger partial charge on any atom is 0.410 e. The second kappa shape index (κ2) is 6.33. The minimum absolute atomic E-state index is 0.00899. The molecule has 0 atom stereocenters. The van der Waals surface area contributed by atoms with Crippen molar-refractivity contribution in [3.8, 4) is 0 Å². The molecule has 0 saturated heterocycles. The number of aromatic nitrogens is 2. The number of rotatable bonds is 3. The van der Waals surface area contributed by atoms with E-state index in [-0.39, 0.29) is 28.8 Å². The number of hydrogen-bond donors (Lipinski definition) is 0. The molecule has 122 valence electrons. The van der Waals surface area contributed by atoms with Gasteiger partial charge in [0.25, 0.3) is 5.52 Å². The summed E-state index contributed by atoms with van der Waals surface area (Å²) in [5.41, 5.74) is 0.618. The van der Waals surface area contributed by atoms with Crippen molar-refractivity contribution in [1.82, 2.24) is 4.73 Å². The minimum atomic E-state index is -0.873. The molecule has 0 N–H and O–H groups in total. The van der Waals surface area contributed by atoms with Crippen LogP contribution in [0.2, 0.25) is 5.02 Å². The van der Waals surface area contributed by atoms with E-state index in [1.54, 1.807) is 0 Å². The number of benzene rings is 2. The van der Waals surface area contributed by atoms with Crippen molar-refractivity contribution in [2.45, 2.75) is 6.42 Å². The van der Waals surface area contributed by atoms with E-state index in [1.165, 1.54) is 18.2 Å². The van der Waals surface area contributed by atoms with Crippen LogP contribution in [0.1, 0.15) is 21.7 Å². The van der Waals surface area contributed by atoms with E-state index in [1.807, 2.05) is 30.3 Å². The molecule has 1 heterocycles. The number of esters is 1. The molecule has 0 saturated carbocycles. The number of methoxy groups -OCH3 is 1. The van der Waals surface area contributed by atoms with E-state index >= 15 is 0 Å². The highest BCUT2D eigenvalue weighted by Crippen LogP contribution is 2.21. The van der Waals surface area contributed by atoms with Gasteiger partial charge in [-0.05, 0) is 17.7 Å². The zero-order chi connectivity index (χ0) is 17.3. The molecule has 2 aromatic carbocycles. The van der Waals surface area contributed by atoms with Crippen LogP contribution in [-0.2, 0) is 11.2 Å². The monoisotopic (exact) mass is 344 g/mol. The highest BCUT2D eigenvalue weighted by Gasteiger charge is 2.30. The van der Waals surface area contributed by atoms with Crippen LogP contribution in [0.15, 0.2) is 48.5 Å². The van der Waals surface area contributed by atoms with E-state index < -0.39 is 5.97 Å². The smallest absolute Gasteiger partial charge is 0.410 e. The molecule has 0 unspecified atom stereocenters. The Hall–Kier alpha value is -2.86. The van der Waals surface area contributed by atoms with Crippen LogP contribution in [0.4, 0.5) is 0 Å². The topological polar surface area (TPSA) is 77.3 Å². The molecule has 0 aliphatic rings. The lowest BCUT2D eigenvalue weighted by Gasteiger charge is -2.18. The third kappa shape index (κ3) is 2.72. The van der Waals surface area contributed by atoms with Crippen LogP contribution in [0.3, 0.4) is 0 Å². The quantitative estimate of drug-likeness (QED) is 0.540. The van der Waals surface area contributed by atoms with Crippen LogP contribution in [0.5, 0.6) is 0 Å². The fourth-order valence-electron chi connectivity index (χ4n) is 2.55. The van der Waals surface area contributed by atoms with Crippen LogP contribution in [-0.4, -0.2) is 17.8 Å². The summed E-state index contributed by atoms with van der Waals surface area (Å²) in [7, 11) is 1.16. The molecule has 3 rings (SSSR count). The Kier molecular flexibility index (Phi) is 4.22. The first-order chi connectivity index (χ1) is 11.5. The summed E-state index contributed by atoms with van der Waals surface area (Å²) < 4.78 is 5.67. The molecule has 1 aromatic heterocycles. The molecule has 0 aliphatic heterocycles. The van der Waals surface area contributed by atoms with Crippen molar-refractivity contribution < 1.29 is 14.0 Å². The Balaban J connectivity index is 2.33. The molecule has 6 nitrogen and oxygen atoms in total. The molecule has 3 aromatic rings. The molecular formula is C17H13ClN2O4. The molecule has 0 radical (unpaired) electrons. The summed E-state index contributed by atoms with van der Waals surface area (Å²) in [6, 6.07) is 13.4. The van der Waals surface area contributed by atoms with Gasteiger partial charge in [0.2, 0.25) is 0 Å². The van der Waals surface area contributed by atoms with Crippen molar-refractivity contribution >= 4 is 28.6 Å². The van der Waals surface area contributed by atoms with Crippen molar-refractivity contribution in [3.63, 3.8) is 0 Å². The van der Waals surface area contributed by atoms with E-state index in [0.29, 0.717) is 14.2 Å². The summed E-state index contributed by atoms with van der Waals surface area (Å²) in [6.45, 7) is 0. The third-order valence-corrected chi connectivity index (χ3v) is 3.92. The molecule has 24 heavy (non-hydrogen) atoms. The van der Waals surface area contributed by atoms with Gasteiger partial charge in [-0.2, -0.15) is 0 Å². The first-order valence-electron chi connectivity index (χ1n) is 7.12. The molecule has 0 bridgehead atoms. The van der Waals surface area contributed by atoms with Gasteiger partial charge in [0.1, 0.15) is 11.2 Å². The number of ether oxygens (including phenoxy) is 1. The Bertz CT molecular complexity index is 983. The average molecular weight is 345 g/mol. The summed E-state index contributed by atoms with van der Waals surface area (Å²) >= 11 is 5.90. The van der Waals surface area contributed by atoms with Gasteiger partial charge in [-0.3, -0.25) is 0 Å². The lowest BCUT2D eigenvalue weighted by molar-refractivity contribution is -0.469. The Morgan fingerprint density at radius 3 is 2.62 bits per heavy atom. The Morgan fingerprint density at radius 1 is 1.25 bits per heavy atom. The van der Waals surface area contributed by atoms with Gasteiger partial charge in [0.15, 0.2) is 0 Å². The SMILES string of the molecule is COC(=O)c1c(Cc2ccccc2)n([O-])c2ccc(Cl)cc2[n+]1=O. The second-order valence-corrected chi connectivity index (χ2v) is 5.61. The molecule has 0 amide bonds. The van der Waals surface area contributed by atoms with Gasteiger partial charge in [-0.15, -0.1) is 0 Å². The lowest BCUT2D eigenvalue weighted by atomic mass is 10.1. The number of nitrogens with zero attached hydrogens (tertiary/aromatic N) is 2. The molecular weight excluding hydrogens is 332 g/mol. The zero-order valence-electron chi connectivity index (χ0n) is 12.7. The molecule has 7 heteroatoms. The minimum Gasteiger partial charge on any atom is -0.805 e. The standard InChI is InChI=1S/C17H13ClN2O4/c1-24-17(21)16-15(9-11-5-3-2-4-6-11)19(22)13-8-7-12(18)10-14(13)20(16)23/h2-8,10H,9H2,1H3. The number of carbonyl (C=O) groups is 1. The van der Waals surface area contributed by atoms with E-state index in [0.717, 1.165) is 12.7 Å². The first kappa shape index (κ1) is 16.0. The summed E-state index contributed by atoms with van der Waals surface area (Å²) in [5.74, 6) is -0.873. The second-order valence-electron chi connectivity index (χ2n) is 5.17. The zero-order valence-corrected chi connectivity index (χ0v) is 13.5. The number of hydrogen-bond acceptors (Lipinski definition) is 4. The van der Waals surface area contributed by atoms with E-state index in [9.17, 15) is 14.9 Å². The maximum absolute atomic E-state index is 12.8. The predicted molar refractivity (Wildman–Crippen MR) is 89.7 cm³/mol. The fraction of sp³-hybridized carbons (Fsp3) is 0.118. The van der Waals surface area contributed by atoms with Crippen LogP contribution >= 0.6 is 11.6 Å². The number of fused-ring (bicyclic) bond motifs is 1. The van der Waals surface area contributed by atoms with Crippen molar-refractivity contribution in [3.05, 3.63) is 80.6 Å². The summed E-state index contributed by atoms with van der Waals surface area (Å²) in [5, 5.41) is 13.0. The number of carbonyl (C=O) groups excluding carboxylic acids is 1. The van der Waals surface area contributed by atoms with Gasteiger partial charge in [-0.1, -0.05) is 41.9 Å². The normalized spacial score (nSPS) is 10.8. The predicted octanol–water partition coefficient (Wildman–Crippen LogP) is 2.93. The first-order valence-corrected chi connectivity index (χ1v) is 7.50. The highest BCUT2D eigenvalue weighted by molar-refractivity contribution is 6.31. The molecule has 0 fully saturated rings. The van der Waals surface area contributed by atoms with Crippen molar-refractivity contribution in [2.75, 3.05) is 7.11 Å². The lowest BCUT2D eigenvalue weighted by Crippen LogP contribution is -2.32. The van der Waals surface area contributed by atoms with Crippen LogP contribution in [0.25, 0.3) is 11.0 Å². The van der Waals surface area contributed by atoms with Gasteiger partial charge in [0, 0.05) is 22.4 Å². The molecule has 0 aliphatic carbocycles. The summed E-state index contributed by atoms with van der Waals surface area (Å²) in [6.07, 6.45) is 0.121. The molecule has 0 spiro atoms. The van der Waals surface area contributed by atoms with Crippen molar-refractivity contribution in [2.24, 2.45) is 0 Å². The maximum atomic E-state index is 12.8. The average Bonchev–Trinajstić information content (AvgIpc) is 2.60. The Morgan fingerprint density at radius 2 is 1.96 bits per heavy atom. The van der Waals surface area contributed by atoms with Crippen LogP contribution in [0, 0.1) is 10.1 Å². The third-order valence-electron chi connectivity index (χ3n) is 3.69. The Labute approximate surface area is 142 Å². The van der Waals surface area contributed by atoms with E-state index in [4.69, 9.17) is 11.6 Å². The fourth-order valence-corrected chi connectivity index (χ4v) is 2.72.